The van der Waals surface area contributed by atoms with Crippen molar-refractivity contribution < 1.29 is 23.5 Å². The molecular weight excluding hydrogens is 274 g/mol. The number of ether oxygens (including phenoxy) is 3. The average molecular weight is 291 g/mol. The first-order valence-corrected chi connectivity index (χ1v) is 6.64. The number of esters is 1. The molecule has 0 unspecified atom stereocenters. The van der Waals surface area contributed by atoms with Gasteiger partial charge in [-0.05, 0) is 26.0 Å². The Balaban J connectivity index is 2.37. The van der Waals surface area contributed by atoms with E-state index in [4.69, 9.17) is 14.0 Å². The van der Waals surface area contributed by atoms with Gasteiger partial charge < -0.3 is 18.7 Å². The molecule has 0 atom stereocenters. The zero-order valence-corrected chi connectivity index (χ0v) is 12.2. The fraction of sp³-hybridized carbons (Fsp3) is 0.333. The highest BCUT2D eigenvalue weighted by atomic mass is 16.5. The molecule has 112 valence electrons. The normalized spacial score (nSPS) is 10.2. The predicted octanol–water partition coefficient (Wildman–Crippen LogP) is 2.93. The zero-order valence-electron chi connectivity index (χ0n) is 12.2. The molecule has 0 N–H and O–H groups in total. The van der Waals surface area contributed by atoms with Crippen LogP contribution in [0.3, 0.4) is 0 Å². The van der Waals surface area contributed by atoms with Gasteiger partial charge in [-0.3, -0.25) is 0 Å². The van der Waals surface area contributed by atoms with Crippen LogP contribution in [0.1, 0.15) is 24.3 Å². The molecule has 0 spiro atoms. The molecule has 1 heterocycles. The molecule has 0 aliphatic carbocycles. The summed E-state index contributed by atoms with van der Waals surface area (Å²) in [5.74, 6) is 1.20. The Bertz CT molecular complexity index is 620. The Labute approximate surface area is 122 Å². The largest absolute Gasteiger partial charge is 0.494 e. The molecule has 2 aromatic rings. The van der Waals surface area contributed by atoms with Gasteiger partial charge in [0.05, 0.1) is 25.9 Å². The maximum atomic E-state index is 11.4. The molecule has 0 saturated carbocycles. The molecule has 0 saturated heterocycles. The molecule has 0 bridgehead atoms. The number of methoxy groups -OCH3 is 1. The molecule has 1 aromatic carbocycles. The maximum Gasteiger partial charge on any atom is 0.360 e. The number of rotatable bonds is 6. The second-order valence-corrected chi connectivity index (χ2v) is 4.09. The highest BCUT2D eigenvalue weighted by molar-refractivity contribution is 5.88. The van der Waals surface area contributed by atoms with E-state index in [1.165, 1.54) is 13.2 Å². The zero-order chi connectivity index (χ0) is 15.2. The van der Waals surface area contributed by atoms with Crippen molar-refractivity contribution in [2.75, 3.05) is 20.3 Å². The molecular formula is C15H17NO5. The second kappa shape index (κ2) is 6.78. The monoisotopic (exact) mass is 291 g/mol. The van der Waals surface area contributed by atoms with Gasteiger partial charge in [-0.15, -0.1) is 0 Å². The van der Waals surface area contributed by atoms with Gasteiger partial charge in [0, 0.05) is 12.1 Å². The van der Waals surface area contributed by atoms with E-state index in [1.807, 2.05) is 19.9 Å². The van der Waals surface area contributed by atoms with Crippen LogP contribution in [-0.2, 0) is 4.74 Å². The molecule has 1 aromatic heterocycles. The summed E-state index contributed by atoms with van der Waals surface area (Å²) in [6.45, 7) is 4.87. The standard InChI is InChI=1S/C15H17NO5/c1-4-19-10-6-7-11(13(8-10)20-5-2)14-9-12(16-21-14)15(17)18-3/h6-9H,4-5H2,1-3H3. The van der Waals surface area contributed by atoms with Crippen molar-refractivity contribution in [2.24, 2.45) is 0 Å². The van der Waals surface area contributed by atoms with Crippen LogP contribution >= 0.6 is 0 Å². The van der Waals surface area contributed by atoms with Crippen LogP contribution in [0.25, 0.3) is 11.3 Å². The minimum absolute atomic E-state index is 0.115. The summed E-state index contributed by atoms with van der Waals surface area (Å²) in [4.78, 5) is 11.4. The summed E-state index contributed by atoms with van der Waals surface area (Å²) in [5, 5.41) is 3.69. The van der Waals surface area contributed by atoms with Gasteiger partial charge in [-0.1, -0.05) is 5.16 Å². The number of nitrogens with zero attached hydrogens (tertiary/aromatic N) is 1. The van der Waals surface area contributed by atoms with Crippen molar-refractivity contribution in [3.63, 3.8) is 0 Å². The number of benzene rings is 1. The Morgan fingerprint density at radius 3 is 2.62 bits per heavy atom. The van der Waals surface area contributed by atoms with Crippen LogP contribution in [0.5, 0.6) is 11.5 Å². The SMILES string of the molecule is CCOc1ccc(-c2cc(C(=O)OC)no2)c(OCC)c1. The smallest absolute Gasteiger partial charge is 0.360 e. The molecule has 0 amide bonds. The van der Waals surface area contributed by atoms with Crippen molar-refractivity contribution in [1.82, 2.24) is 5.16 Å². The lowest BCUT2D eigenvalue weighted by atomic mass is 10.1. The van der Waals surface area contributed by atoms with Gasteiger partial charge in [-0.25, -0.2) is 4.79 Å². The Morgan fingerprint density at radius 2 is 1.95 bits per heavy atom. The van der Waals surface area contributed by atoms with Crippen molar-refractivity contribution in [1.29, 1.82) is 0 Å². The van der Waals surface area contributed by atoms with Crippen LogP contribution < -0.4 is 9.47 Å². The summed E-state index contributed by atoms with van der Waals surface area (Å²) in [6.07, 6.45) is 0. The quantitative estimate of drug-likeness (QED) is 0.762. The molecule has 2 rings (SSSR count). The van der Waals surface area contributed by atoms with Crippen molar-refractivity contribution in [3.05, 3.63) is 30.0 Å². The molecule has 6 nitrogen and oxygen atoms in total. The minimum Gasteiger partial charge on any atom is -0.494 e. The summed E-state index contributed by atoms with van der Waals surface area (Å²) in [6, 6.07) is 6.91. The van der Waals surface area contributed by atoms with E-state index in [2.05, 4.69) is 9.89 Å². The van der Waals surface area contributed by atoms with Gasteiger partial charge in [0.2, 0.25) is 0 Å². The van der Waals surface area contributed by atoms with E-state index in [1.54, 1.807) is 12.1 Å². The summed E-state index contributed by atoms with van der Waals surface area (Å²) in [7, 11) is 1.29. The van der Waals surface area contributed by atoms with Crippen LogP contribution in [-0.4, -0.2) is 31.4 Å². The topological polar surface area (TPSA) is 70.8 Å². The van der Waals surface area contributed by atoms with E-state index < -0.39 is 5.97 Å². The highest BCUT2D eigenvalue weighted by Gasteiger charge is 2.17. The van der Waals surface area contributed by atoms with Gasteiger partial charge in [-0.2, -0.15) is 0 Å². The minimum atomic E-state index is -0.547. The fourth-order valence-corrected chi connectivity index (χ4v) is 1.84. The molecule has 21 heavy (non-hydrogen) atoms. The third kappa shape index (κ3) is 3.34. The van der Waals surface area contributed by atoms with E-state index in [0.717, 1.165) is 0 Å². The van der Waals surface area contributed by atoms with Crippen LogP contribution in [0, 0.1) is 0 Å². The lowest BCUT2D eigenvalue weighted by molar-refractivity contribution is 0.0589. The Kier molecular flexibility index (Phi) is 4.81. The lowest BCUT2D eigenvalue weighted by Crippen LogP contribution is -2.00. The number of hydrogen-bond donors (Lipinski definition) is 0. The van der Waals surface area contributed by atoms with Crippen molar-refractivity contribution >= 4 is 5.97 Å². The van der Waals surface area contributed by atoms with Gasteiger partial charge in [0.1, 0.15) is 11.5 Å². The van der Waals surface area contributed by atoms with Crippen LogP contribution in [0.15, 0.2) is 28.8 Å². The first kappa shape index (κ1) is 14.9. The van der Waals surface area contributed by atoms with Crippen LogP contribution in [0.4, 0.5) is 0 Å². The number of hydrogen-bond acceptors (Lipinski definition) is 6. The summed E-state index contributed by atoms with van der Waals surface area (Å²) >= 11 is 0. The molecule has 0 aliphatic heterocycles. The molecule has 0 radical (unpaired) electrons. The molecule has 0 aliphatic rings. The number of aromatic nitrogens is 1. The Morgan fingerprint density at radius 1 is 1.19 bits per heavy atom. The molecule has 6 heteroatoms. The van der Waals surface area contributed by atoms with Crippen LogP contribution in [0.2, 0.25) is 0 Å². The Hall–Kier alpha value is -2.50. The van der Waals surface area contributed by atoms with Gasteiger partial charge in [0.25, 0.3) is 0 Å². The van der Waals surface area contributed by atoms with Gasteiger partial charge >= 0.3 is 5.97 Å². The van der Waals surface area contributed by atoms with Crippen molar-refractivity contribution in [3.8, 4) is 22.8 Å². The number of carbonyl (C=O) groups excluding carboxylic acids is 1. The molecule has 0 fully saturated rings. The first-order valence-electron chi connectivity index (χ1n) is 6.64. The van der Waals surface area contributed by atoms with E-state index in [0.29, 0.717) is 36.0 Å². The second-order valence-electron chi connectivity index (χ2n) is 4.09. The van der Waals surface area contributed by atoms with Gasteiger partial charge in [0.15, 0.2) is 11.5 Å². The van der Waals surface area contributed by atoms with E-state index in [9.17, 15) is 4.79 Å². The van der Waals surface area contributed by atoms with E-state index >= 15 is 0 Å². The summed E-state index contributed by atoms with van der Waals surface area (Å²) in [5.41, 5.74) is 0.812. The third-order valence-electron chi connectivity index (χ3n) is 2.73. The first-order chi connectivity index (χ1) is 10.2. The summed E-state index contributed by atoms with van der Waals surface area (Å²) < 4.78 is 20.8. The van der Waals surface area contributed by atoms with Crippen molar-refractivity contribution in [2.45, 2.75) is 13.8 Å². The third-order valence-corrected chi connectivity index (χ3v) is 2.73. The average Bonchev–Trinajstić information content (AvgIpc) is 2.97. The predicted molar refractivity (Wildman–Crippen MR) is 75.6 cm³/mol. The van der Waals surface area contributed by atoms with E-state index in [-0.39, 0.29) is 5.69 Å². The maximum absolute atomic E-state index is 11.4. The number of carbonyl (C=O) groups is 1. The fourth-order valence-electron chi connectivity index (χ4n) is 1.84. The lowest BCUT2D eigenvalue weighted by Gasteiger charge is -2.10. The highest BCUT2D eigenvalue weighted by Crippen LogP contribution is 2.34.